The Labute approximate surface area is 136 Å². The zero-order chi connectivity index (χ0) is 16.2. The van der Waals surface area contributed by atoms with Crippen LogP contribution in [-0.2, 0) is 11.2 Å². The van der Waals surface area contributed by atoms with Crippen molar-refractivity contribution in [2.75, 3.05) is 0 Å². The first-order valence-electron chi connectivity index (χ1n) is 6.98. The summed E-state index contributed by atoms with van der Waals surface area (Å²) in [6, 6.07) is 10.5. The van der Waals surface area contributed by atoms with Crippen LogP contribution < -0.4 is 5.32 Å². The molecule has 5 nitrogen and oxygen atoms in total. The third-order valence-electron chi connectivity index (χ3n) is 3.37. The van der Waals surface area contributed by atoms with Gasteiger partial charge in [0, 0.05) is 5.56 Å². The summed E-state index contributed by atoms with van der Waals surface area (Å²) in [6.45, 7) is 0. The largest absolute Gasteiger partial charge is 0.465 e. The van der Waals surface area contributed by atoms with E-state index in [1.165, 1.54) is 6.08 Å². The number of nitrogens with one attached hydrogen (secondary N) is 1. The lowest BCUT2D eigenvalue weighted by atomic mass is 10.0. The van der Waals surface area contributed by atoms with Crippen molar-refractivity contribution in [3.8, 4) is 0 Å². The first-order valence-corrected chi connectivity index (χ1v) is 7.86. The molecule has 1 aromatic heterocycles. The molecule has 1 N–H and O–H groups in total. The van der Waals surface area contributed by atoms with Crippen LogP contribution in [0.3, 0.4) is 0 Å². The zero-order valence-corrected chi connectivity index (χ0v) is 12.8. The van der Waals surface area contributed by atoms with Crippen molar-refractivity contribution in [3.63, 3.8) is 0 Å². The highest BCUT2D eigenvalue weighted by atomic mass is 32.2. The van der Waals surface area contributed by atoms with Crippen molar-refractivity contribution in [2.24, 2.45) is 0 Å². The highest BCUT2D eigenvalue weighted by Crippen LogP contribution is 2.23. The number of imide groups is 1. The Hall–Kier alpha value is -2.60. The lowest BCUT2D eigenvalue weighted by molar-refractivity contribution is -0.118. The quantitative estimate of drug-likeness (QED) is 0.674. The third-order valence-corrected chi connectivity index (χ3v) is 4.35. The molecule has 0 radical (unpaired) electrons. The van der Waals surface area contributed by atoms with E-state index in [0.717, 1.165) is 17.3 Å². The number of hydrogen-bond acceptors (Lipinski definition) is 5. The summed E-state index contributed by atoms with van der Waals surface area (Å²) in [6.07, 6.45) is 5.06. The van der Waals surface area contributed by atoms with Gasteiger partial charge in [0.25, 0.3) is 5.24 Å². The molecule has 3 rings (SSSR count). The van der Waals surface area contributed by atoms with Gasteiger partial charge in [-0.05, 0) is 36.3 Å². The van der Waals surface area contributed by atoms with E-state index < -0.39 is 5.25 Å². The van der Waals surface area contributed by atoms with Gasteiger partial charge in [0.15, 0.2) is 5.78 Å². The van der Waals surface area contributed by atoms with Crippen LogP contribution in [0.4, 0.5) is 4.79 Å². The minimum absolute atomic E-state index is 0.129. The monoisotopic (exact) mass is 327 g/mol. The van der Waals surface area contributed by atoms with E-state index >= 15 is 0 Å². The van der Waals surface area contributed by atoms with Crippen LogP contribution >= 0.6 is 11.8 Å². The normalized spacial score (nSPS) is 17.7. The van der Waals surface area contributed by atoms with Crippen LogP contribution in [0.1, 0.15) is 21.7 Å². The van der Waals surface area contributed by atoms with Crippen molar-refractivity contribution in [2.45, 2.75) is 11.7 Å². The molecular formula is C17H13NO4S. The molecule has 1 fully saturated rings. The minimum atomic E-state index is -0.400. The van der Waals surface area contributed by atoms with Crippen LogP contribution in [-0.4, -0.2) is 22.2 Å². The fraction of sp³-hybridized carbons (Fsp3) is 0.118. The molecule has 116 valence electrons. The van der Waals surface area contributed by atoms with Crippen molar-refractivity contribution in [3.05, 3.63) is 65.6 Å². The second kappa shape index (κ2) is 6.66. The molecule has 0 aliphatic carbocycles. The molecule has 23 heavy (non-hydrogen) atoms. The highest BCUT2D eigenvalue weighted by Gasteiger charge is 2.31. The van der Waals surface area contributed by atoms with Crippen molar-refractivity contribution in [1.82, 2.24) is 5.32 Å². The molecule has 2 heterocycles. The van der Waals surface area contributed by atoms with Crippen LogP contribution in [0.5, 0.6) is 0 Å². The summed E-state index contributed by atoms with van der Waals surface area (Å²) >= 11 is 0.997. The fourth-order valence-electron chi connectivity index (χ4n) is 2.19. The summed E-state index contributed by atoms with van der Waals surface area (Å²) in [5, 5.41) is 1.55. The summed E-state index contributed by atoms with van der Waals surface area (Å²) in [7, 11) is 0. The van der Waals surface area contributed by atoms with Gasteiger partial charge < -0.3 is 4.42 Å². The van der Waals surface area contributed by atoms with Gasteiger partial charge in [0.2, 0.25) is 5.91 Å². The standard InChI is InChI=1S/C17H13NO4S/c19-14(8-7-13-2-1-9-22-13)12-5-3-11(4-6-12)10-15-16(20)18-17(21)23-15/h1-9,15H,10H2,(H,18,20,21)/b8-7+. The van der Waals surface area contributed by atoms with Gasteiger partial charge in [0.05, 0.1) is 11.5 Å². The molecule has 2 aromatic rings. The van der Waals surface area contributed by atoms with E-state index in [0.29, 0.717) is 17.7 Å². The molecule has 0 saturated carbocycles. The molecule has 0 spiro atoms. The molecule has 1 aliphatic heterocycles. The van der Waals surface area contributed by atoms with Crippen molar-refractivity contribution >= 4 is 34.8 Å². The summed E-state index contributed by atoms with van der Waals surface area (Å²) < 4.78 is 5.13. The highest BCUT2D eigenvalue weighted by molar-refractivity contribution is 8.15. The molecule has 0 bridgehead atoms. The number of allylic oxidation sites excluding steroid dienone is 1. The Morgan fingerprint density at radius 1 is 1.22 bits per heavy atom. The van der Waals surface area contributed by atoms with Crippen LogP contribution in [0, 0.1) is 0 Å². The number of ketones is 1. The average molecular weight is 327 g/mol. The number of rotatable bonds is 5. The van der Waals surface area contributed by atoms with E-state index in [4.69, 9.17) is 4.42 Å². The summed E-state index contributed by atoms with van der Waals surface area (Å²) in [5.74, 6) is 0.224. The maximum absolute atomic E-state index is 12.0. The summed E-state index contributed by atoms with van der Waals surface area (Å²) in [5.41, 5.74) is 1.45. The van der Waals surface area contributed by atoms with Gasteiger partial charge in [-0.3, -0.25) is 19.7 Å². The van der Waals surface area contributed by atoms with Gasteiger partial charge in [-0.25, -0.2) is 0 Å². The van der Waals surface area contributed by atoms with E-state index in [2.05, 4.69) is 5.32 Å². The second-order valence-electron chi connectivity index (χ2n) is 5.00. The van der Waals surface area contributed by atoms with Crippen LogP contribution in [0.2, 0.25) is 0 Å². The Balaban J connectivity index is 1.64. The molecule has 1 saturated heterocycles. The van der Waals surface area contributed by atoms with Gasteiger partial charge >= 0.3 is 0 Å². The summed E-state index contributed by atoms with van der Waals surface area (Å²) in [4.78, 5) is 34.7. The predicted molar refractivity (Wildman–Crippen MR) is 87.1 cm³/mol. The first kappa shape index (κ1) is 15.3. The Bertz CT molecular complexity index is 762. The van der Waals surface area contributed by atoms with Gasteiger partial charge in [-0.1, -0.05) is 36.0 Å². The Kier molecular flexibility index (Phi) is 4.43. The Morgan fingerprint density at radius 2 is 2.00 bits per heavy atom. The smallest absolute Gasteiger partial charge is 0.286 e. The maximum atomic E-state index is 12.0. The molecule has 6 heteroatoms. The number of carbonyl (C=O) groups excluding carboxylic acids is 3. The van der Waals surface area contributed by atoms with E-state index in [1.54, 1.807) is 48.7 Å². The van der Waals surface area contributed by atoms with Crippen molar-refractivity contribution in [1.29, 1.82) is 0 Å². The van der Waals surface area contributed by atoms with Crippen molar-refractivity contribution < 1.29 is 18.8 Å². The zero-order valence-electron chi connectivity index (χ0n) is 12.0. The number of hydrogen-bond donors (Lipinski definition) is 1. The number of carbonyl (C=O) groups is 3. The molecule has 1 aromatic carbocycles. The van der Waals surface area contributed by atoms with Gasteiger partial charge in [0.1, 0.15) is 5.76 Å². The minimum Gasteiger partial charge on any atom is -0.465 e. The lowest BCUT2D eigenvalue weighted by Gasteiger charge is -2.05. The molecule has 1 unspecified atom stereocenters. The fourth-order valence-corrected chi connectivity index (χ4v) is 3.05. The maximum Gasteiger partial charge on any atom is 0.286 e. The van der Waals surface area contributed by atoms with Gasteiger partial charge in [-0.2, -0.15) is 0 Å². The predicted octanol–water partition coefficient (Wildman–Crippen LogP) is 3.07. The van der Waals surface area contributed by atoms with E-state index in [9.17, 15) is 14.4 Å². The number of furan rings is 1. The Morgan fingerprint density at radius 3 is 2.61 bits per heavy atom. The SMILES string of the molecule is O=C1NC(=O)C(Cc2ccc(C(=O)/C=C/c3ccco3)cc2)S1. The van der Waals surface area contributed by atoms with Gasteiger partial charge in [-0.15, -0.1) is 0 Å². The molecule has 1 aliphatic rings. The first-order chi connectivity index (χ1) is 11.1. The van der Waals surface area contributed by atoms with Crippen LogP contribution in [0.25, 0.3) is 6.08 Å². The third kappa shape index (κ3) is 3.78. The van der Waals surface area contributed by atoms with E-state index in [1.807, 2.05) is 0 Å². The average Bonchev–Trinajstić information content (AvgIpc) is 3.16. The molecular weight excluding hydrogens is 314 g/mol. The van der Waals surface area contributed by atoms with Crippen LogP contribution in [0.15, 0.2) is 53.2 Å². The topological polar surface area (TPSA) is 76.4 Å². The van der Waals surface area contributed by atoms with E-state index in [-0.39, 0.29) is 16.9 Å². The lowest BCUT2D eigenvalue weighted by Crippen LogP contribution is -2.25. The second-order valence-corrected chi connectivity index (χ2v) is 6.17. The number of benzene rings is 1. The molecule has 2 amide bonds. The number of thioether (sulfide) groups is 1. The molecule has 1 atom stereocenters. The number of amides is 2.